The van der Waals surface area contributed by atoms with Crippen LogP contribution in [0.3, 0.4) is 0 Å². The Bertz CT molecular complexity index is 470. The summed E-state index contributed by atoms with van der Waals surface area (Å²) in [6.07, 6.45) is 0.839. The Morgan fingerprint density at radius 1 is 1.50 bits per heavy atom. The molecular weight excluding hydrogens is 351 g/mol. The molecule has 1 atom stereocenters. The van der Waals surface area contributed by atoms with Gasteiger partial charge in [0.15, 0.2) is 0 Å². The first-order valence-corrected chi connectivity index (χ1v) is 7.76. The van der Waals surface area contributed by atoms with Crippen LogP contribution < -0.4 is 5.73 Å². The van der Waals surface area contributed by atoms with E-state index >= 15 is 0 Å². The second-order valence-electron chi connectivity index (χ2n) is 3.74. The van der Waals surface area contributed by atoms with Crippen LogP contribution >= 0.6 is 45.3 Å². The van der Waals surface area contributed by atoms with Crippen molar-refractivity contribution in [2.75, 3.05) is 0 Å². The third-order valence-electron chi connectivity index (χ3n) is 2.48. The molecular formula is C11H13IN2S2. The summed E-state index contributed by atoms with van der Waals surface area (Å²) >= 11 is 5.82. The van der Waals surface area contributed by atoms with Gasteiger partial charge in [0.25, 0.3) is 0 Å². The van der Waals surface area contributed by atoms with Gasteiger partial charge in [0.1, 0.15) is 0 Å². The van der Waals surface area contributed by atoms with E-state index in [1.807, 2.05) is 6.92 Å². The third kappa shape index (κ3) is 2.82. The molecule has 86 valence electrons. The number of nitrogens with two attached hydrogens (primary N) is 1. The molecule has 1 unspecified atom stereocenters. The molecule has 0 spiro atoms. The summed E-state index contributed by atoms with van der Waals surface area (Å²) in [5, 5.41) is 3.28. The predicted octanol–water partition coefficient (Wildman–Crippen LogP) is 3.67. The largest absolute Gasteiger partial charge is 0.324 e. The van der Waals surface area contributed by atoms with Crippen LogP contribution in [0, 0.1) is 16.7 Å². The summed E-state index contributed by atoms with van der Waals surface area (Å²) in [6.45, 7) is 4.16. The fourth-order valence-corrected chi connectivity index (χ4v) is 3.88. The molecule has 0 radical (unpaired) electrons. The van der Waals surface area contributed by atoms with Gasteiger partial charge < -0.3 is 5.73 Å². The maximum atomic E-state index is 6.17. The van der Waals surface area contributed by atoms with Crippen molar-refractivity contribution < 1.29 is 0 Å². The van der Waals surface area contributed by atoms with Crippen molar-refractivity contribution in [3.05, 3.63) is 35.5 Å². The lowest BCUT2D eigenvalue weighted by Gasteiger charge is -2.06. The maximum absolute atomic E-state index is 6.17. The van der Waals surface area contributed by atoms with Crippen molar-refractivity contribution in [3.8, 4) is 0 Å². The number of aryl methyl sites for hydroxylation is 2. The minimum Gasteiger partial charge on any atom is -0.324 e. The molecule has 0 saturated heterocycles. The number of aromatic nitrogens is 1. The Morgan fingerprint density at radius 3 is 2.75 bits per heavy atom. The Balaban J connectivity index is 2.10. The van der Waals surface area contributed by atoms with Crippen LogP contribution in [0.25, 0.3) is 0 Å². The number of halogens is 1. The van der Waals surface area contributed by atoms with E-state index in [2.05, 4.69) is 45.9 Å². The zero-order valence-electron chi connectivity index (χ0n) is 9.16. The monoisotopic (exact) mass is 364 g/mol. The molecule has 0 aliphatic carbocycles. The SMILES string of the molecule is Cc1nc(CC(N)c2csc(I)c2)sc1C. The van der Waals surface area contributed by atoms with Crippen LogP contribution in [0.2, 0.25) is 0 Å². The number of hydrogen-bond acceptors (Lipinski definition) is 4. The fraction of sp³-hybridized carbons (Fsp3) is 0.364. The van der Waals surface area contributed by atoms with E-state index in [1.54, 1.807) is 22.7 Å². The van der Waals surface area contributed by atoms with E-state index in [9.17, 15) is 0 Å². The van der Waals surface area contributed by atoms with Crippen molar-refractivity contribution >= 4 is 45.3 Å². The molecule has 0 amide bonds. The predicted molar refractivity (Wildman–Crippen MR) is 79.3 cm³/mol. The minimum atomic E-state index is 0.0738. The normalized spacial score (nSPS) is 13.0. The minimum absolute atomic E-state index is 0.0738. The molecule has 5 heteroatoms. The van der Waals surface area contributed by atoms with Crippen molar-refractivity contribution in [2.45, 2.75) is 26.3 Å². The Hall–Kier alpha value is 0.0200. The average molecular weight is 364 g/mol. The molecule has 0 bridgehead atoms. The highest BCUT2D eigenvalue weighted by molar-refractivity contribution is 14.1. The highest BCUT2D eigenvalue weighted by atomic mass is 127. The molecule has 2 rings (SSSR count). The third-order valence-corrected chi connectivity index (χ3v) is 5.39. The number of rotatable bonds is 3. The Kier molecular flexibility index (Phi) is 3.99. The zero-order valence-corrected chi connectivity index (χ0v) is 12.9. The summed E-state index contributed by atoms with van der Waals surface area (Å²) in [5.74, 6) is 0. The number of thiazole rings is 1. The van der Waals surface area contributed by atoms with Gasteiger partial charge in [-0.3, -0.25) is 0 Å². The number of thiophene rings is 1. The second kappa shape index (κ2) is 5.12. The van der Waals surface area contributed by atoms with Crippen LogP contribution in [-0.4, -0.2) is 4.98 Å². The smallest absolute Gasteiger partial charge is 0.0949 e. The Morgan fingerprint density at radius 2 is 2.25 bits per heavy atom. The lowest BCUT2D eigenvalue weighted by molar-refractivity contribution is 0.719. The van der Waals surface area contributed by atoms with Gasteiger partial charge in [0.2, 0.25) is 0 Å². The van der Waals surface area contributed by atoms with Crippen LogP contribution in [0.5, 0.6) is 0 Å². The standard InChI is InChI=1S/C11H13IN2S2/c1-6-7(2)16-11(14-6)4-9(13)8-3-10(12)15-5-8/h3,5,9H,4,13H2,1-2H3. The lowest BCUT2D eigenvalue weighted by Crippen LogP contribution is -2.12. The molecule has 2 nitrogen and oxygen atoms in total. The van der Waals surface area contributed by atoms with Gasteiger partial charge in [0, 0.05) is 17.3 Å². The summed E-state index contributed by atoms with van der Waals surface area (Å²) < 4.78 is 1.29. The molecule has 0 saturated carbocycles. The van der Waals surface area contributed by atoms with E-state index in [4.69, 9.17) is 5.73 Å². The van der Waals surface area contributed by atoms with Crippen molar-refractivity contribution in [3.63, 3.8) is 0 Å². The van der Waals surface area contributed by atoms with Gasteiger partial charge in [-0.25, -0.2) is 4.98 Å². The molecule has 2 N–H and O–H groups in total. The van der Waals surface area contributed by atoms with Gasteiger partial charge in [0.05, 0.1) is 13.6 Å². The lowest BCUT2D eigenvalue weighted by atomic mass is 10.1. The van der Waals surface area contributed by atoms with Crippen molar-refractivity contribution in [1.82, 2.24) is 4.98 Å². The Labute approximate surface area is 117 Å². The van der Waals surface area contributed by atoms with Gasteiger partial charge in [-0.15, -0.1) is 22.7 Å². The van der Waals surface area contributed by atoms with E-state index < -0.39 is 0 Å². The highest BCUT2D eigenvalue weighted by Crippen LogP contribution is 2.25. The average Bonchev–Trinajstić information content (AvgIpc) is 2.75. The highest BCUT2D eigenvalue weighted by Gasteiger charge is 2.12. The van der Waals surface area contributed by atoms with Crippen LogP contribution in [0.1, 0.15) is 27.2 Å². The summed E-state index contributed by atoms with van der Waals surface area (Å²) in [7, 11) is 0. The molecule has 0 aliphatic heterocycles. The quantitative estimate of drug-likeness (QED) is 0.845. The first-order chi connectivity index (χ1) is 7.56. The zero-order chi connectivity index (χ0) is 11.7. The van der Waals surface area contributed by atoms with Crippen molar-refractivity contribution in [1.29, 1.82) is 0 Å². The van der Waals surface area contributed by atoms with Crippen LogP contribution in [0.15, 0.2) is 11.4 Å². The number of nitrogens with zero attached hydrogens (tertiary/aromatic N) is 1. The summed E-state index contributed by atoms with van der Waals surface area (Å²) in [5.41, 5.74) is 8.52. The van der Waals surface area contributed by atoms with E-state index in [0.29, 0.717) is 0 Å². The van der Waals surface area contributed by atoms with E-state index in [1.165, 1.54) is 13.3 Å². The first kappa shape index (κ1) is 12.5. The van der Waals surface area contributed by atoms with Gasteiger partial charge in [-0.05, 0) is 53.4 Å². The molecule has 2 aromatic heterocycles. The van der Waals surface area contributed by atoms with Crippen LogP contribution in [-0.2, 0) is 6.42 Å². The van der Waals surface area contributed by atoms with Crippen LogP contribution in [0.4, 0.5) is 0 Å². The molecule has 0 aromatic carbocycles. The number of hydrogen-bond donors (Lipinski definition) is 1. The molecule has 16 heavy (non-hydrogen) atoms. The summed E-state index contributed by atoms with van der Waals surface area (Å²) in [4.78, 5) is 5.82. The van der Waals surface area contributed by atoms with Gasteiger partial charge in [-0.2, -0.15) is 0 Å². The topological polar surface area (TPSA) is 38.9 Å². The second-order valence-corrected chi connectivity index (χ2v) is 7.84. The van der Waals surface area contributed by atoms with E-state index in [0.717, 1.165) is 17.1 Å². The van der Waals surface area contributed by atoms with E-state index in [-0.39, 0.29) is 6.04 Å². The fourth-order valence-electron chi connectivity index (χ4n) is 1.45. The van der Waals surface area contributed by atoms with Gasteiger partial charge >= 0.3 is 0 Å². The molecule has 2 aromatic rings. The maximum Gasteiger partial charge on any atom is 0.0949 e. The molecule has 0 fully saturated rings. The molecule has 0 aliphatic rings. The van der Waals surface area contributed by atoms with Gasteiger partial charge in [-0.1, -0.05) is 0 Å². The van der Waals surface area contributed by atoms with Crippen molar-refractivity contribution in [2.24, 2.45) is 5.73 Å². The first-order valence-electron chi connectivity index (χ1n) is 4.98. The summed E-state index contributed by atoms with van der Waals surface area (Å²) in [6, 6.07) is 2.23. The molecule has 2 heterocycles.